The number of hydrogen-bond donors (Lipinski definition) is 1. The Kier molecular flexibility index (Phi) is 4.93. The Hall–Kier alpha value is -2.33. The third kappa shape index (κ3) is 3.61. The Bertz CT molecular complexity index is 798. The van der Waals surface area contributed by atoms with Gasteiger partial charge in [-0.05, 0) is 36.1 Å². The van der Waals surface area contributed by atoms with Gasteiger partial charge in [-0.3, -0.25) is 0 Å². The molecule has 2 aliphatic rings. The molecule has 2 aromatic rings. The molecule has 0 radical (unpaired) electrons. The lowest BCUT2D eigenvalue weighted by Crippen LogP contribution is -2.41. The van der Waals surface area contributed by atoms with E-state index < -0.39 is 0 Å². The van der Waals surface area contributed by atoms with Crippen molar-refractivity contribution in [3.8, 4) is 0 Å². The predicted molar refractivity (Wildman–Crippen MR) is 105 cm³/mol. The molecule has 0 aromatic heterocycles. The van der Waals surface area contributed by atoms with Gasteiger partial charge < -0.3 is 5.32 Å². The van der Waals surface area contributed by atoms with Crippen LogP contribution in [-0.2, 0) is 0 Å². The van der Waals surface area contributed by atoms with Crippen molar-refractivity contribution in [1.29, 1.82) is 0 Å². The van der Waals surface area contributed by atoms with Crippen molar-refractivity contribution in [3.63, 3.8) is 0 Å². The predicted octanol–water partition coefficient (Wildman–Crippen LogP) is 4.80. The van der Waals surface area contributed by atoms with E-state index in [-0.39, 0.29) is 18.0 Å². The van der Waals surface area contributed by atoms with Crippen molar-refractivity contribution in [1.82, 2.24) is 10.3 Å². The molecule has 1 aliphatic carbocycles. The fourth-order valence-electron chi connectivity index (χ4n) is 3.78. The maximum absolute atomic E-state index is 12.7. The molecule has 0 bridgehead atoms. The minimum atomic E-state index is -0.0956. The number of halogens is 1. The maximum Gasteiger partial charge on any atom is 0.338 e. The number of nitrogens with one attached hydrogen (secondary N) is 1. The molecule has 26 heavy (non-hydrogen) atoms. The van der Waals surface area contributed by atoms with Gasteiger partial charge in [0.05, 0.1) is 12.3 Å². The first-order chi connectivity index (χ1) is 12.7. The molecule has 1 fully saturated rings. The van der Waals surface area contributed by atoms with Crippen LogP contribution in [0, 0.1) is 0 Å². The molecule has 1 aliphatic heterocycles. The summed E-state index contributed by atoms with van der Waals surface area (Å²) in [6.45, 7) is 0.556. The summed E-state index contributed by atoms with van der Waals surface area (Å²) >= 11 is 6.03. The Balaban J connectivity index is 1.61. The van der Waals surface area contributed by atoms with Crippen molar-refractivity contribution in [2.75, 3.05) is 6.54 Å². The highest BCUT2D eigenvalue weighted by atomic mass is 35.5. The molecule has 5 heteroatoms. The van der Waals surface area contributed by atoms with Crippen molar-refractivity contribution in [3.05, 3.63) is 70.7 Å². The second-order valence-electron chi connectivity index (χ2n) is 6.97. The highest BCUT2D eigenvalue weighted by Gasteiger charge is 2.33. The first-order valence-corrected chi connectivity index (χ1v) is 9.56. The maximum atomic E-state index is 12.7. The van der Waals surface area contributed by atoms with Crippen molar-refractivity contribution in [2.45, 2.75) is 37.6 Å². The summed E-state index contributed by atoms with van der Waals surface area (Å²) in [6.07, 6.45) is 4.51. The zero-order valence-corrected chi connectivity index (χ0v) is 15.3. The number of carbonyl (C=O) groups is 1. The smallest absolute Gasteiger partial charge is 0.334 e. The first-order valence-electron chi connectivity index (χ1n) is 9.18. The second kappa shape index (κ2) is 7.50. The number of rotatable bonds is 3. The van der Waals surface area contributed by atoms with E-state index in [2.05, 4.69) is 22.6 Å². The van der Waals surface area contributed by atoms with Crippen LogP contribution in [0.2, 0.25) is 5.02 Å². The van der Waals surface area contributed by atoms with E-state index >= 15 is 0 Å². The largest absolute Gasteiger partial charge is 0.338 e. The van der Waals surface area contributed by atoms with Gasteiger partial charge in [0.1, 0.15) is 0 Å². The summed E-state index contributed by atoms with van der Waals surface area (Å²) < 4.78 is 0. The Morgan fingerprint density at radius 2 is 1.73 bits per heavy atom. The molecular formula is C21H22ClN3O. The lowest BCUT2D eigenvalue weighted by molar-refractivity contribution is 0.200. The van der Waals surface area contributed by atoms with Crippen LogP contribution in [0.3, 0.4) is 0 Å². The molecule has 4 nitrogen and oxygen atoms in total. The number of carbonyl (C=O) groups excluding carboxylic acids is 1. The fourth-order valence-corrected chi connectivity index (χ4v) is 3.90. The number of benzene rings is 2. The van der Waals surface area contributed by atoms with Gasteiger partial charge in [0.2, 0.25) is 0 Å². The van der Waals surface area contributed by atoms with Crippen LogP contribution < -0.4 is 5.32 Å². The molecule has 1 N–H and O–H groups in total. The summed E-state index contributed by atoms with van der Waals surface area (Å²) in [6, 6.07) is 18.1. The van der Waals surface area contributed by atoms with Gasteiger partial charge in [-0.25, -0.2) is 9.80 Å². The molecule has 1 unspecified atom stereocenters. The van der Waals surface area contributed by atoms with Crippen LogP contribution in [-0.4, -0.2) is 29.3 Å². The van der Waals surface area contributed by atoms with Gasteiger partial charge in [0.15, 0.2) is 0 Å². The van der Waals surface area contributed by atoms with Crippen LogP contribution >= 0.6 is 11.6 Å². The molecule has 1 heterocycles. The van der Waals surface area contributed by atoms with E-state index in [4.69, 9.17) is 11.6 Å². The van der Waals surface area contributed by atoms with Gasteiger partial charge in [-0.15, -0.1) is 0 Å². The number of amides is 2. The van der Waals surface area contributed by atoms with Gasteiger partial charge in [-0.1, -0.05) is 66.9 Å². The van der Waals surface area contributed by atoms with Crippen LogP contribution in [0.15, 0.2) is 59.7 Å². The third-order valence-corrected chi connectivity index (χ3v) is 5.43. The Labute approximate surface area is 158 Å². The van der Waals surface area contributed by atoms with E-state index in [1.54, 1.807) is 5.01 Å². The zero-order chi connectivity index (χ0) is 17.9. The molecule has 134 valence electrons. The molecular weight excluding hydrogens is 346 g/mol. The Morgan fingerprint density at radius 3 is 2.42 bits per heavy atom. The van der Waals surface area contributed by atoms with Gasteiger partial charge in [0.25, 0.3) is 0 Å². The lowest BCUT2D eigenvalue weighted by atomic mass is 9.91. The monoisotopic (exact) mass is 367 g/mol. The van der Waals surface area contributed by atoms with Crippen LogP contribution in [0.4, 0.5) is 4.79 Å². The average Bonchev–Trinajstić information content (AvgIpc) is 3.33. The summed E-state index contributed by atoms with van der Waals surface area (Å²) in [7, 11) is 0. The molecule has 0 spiro atoms. The molecule has 2 amide bonds. The summed E-state index contributed by atoms with van der Waals surface area (Å²) in [5.41, 5.74) is 3.08. The lowest BCUT2D eigenvalue weighted by Gasteiger charge is -2.18. The zero-order valence-electron chi connectivity index (χ0n) is 14.6. The normalized spacial score (nSPS) is 20.3. The molecule has 4 rings (SSSR count). The van der Waals surface area contributed by atoms with E-state index in [9.17, 15) is 4.79 Å². The van der Waals surface area contributed by atoms with E-state index in [0.29, 0.717) is 11.6 Å². The Morgan fingerprint density at radius 1 is 1.04 bits per heavy atom. The van der Waals surface area contributed by atoms with Gasteiger partial charge in [0, 0.05) is 17.0 Å². The van der Waals surface area contributed by atoms with Crippen molar-refractivity contribution < 1.29 is 4.79 Å². The molecule has 2 aromatic carbocycles. The number of nitrogens with zero attached hydrogens (tertiary/aromatic N) is 2. The highest BCUT2D eigenvalue weighted by Crippen LogP contribution is 2.29. The van der Waals surface area contributed by atoms with Gasteiger partial charge >= 0.3 is 6.03 Å². The molecule has 1 saturated carbocycles. The number of hydrogen-bond acceptors (Lipinski definition) is 2. The minimum Gasteiger partial charge on any atom is -0.334 e. The second-order valence-corrected chi connectivity index (χ2v) is 7.40. The summed E-state index contributed by atoms with van der Waals surface area (Å²) in [5, 5.41) is 10.1. The fraction of sp³-hybridized carbons (Fsp3) is 0.333. The average molecular weight is 368 g/mol. The quantitative estimate of drug-likeness (QED) is 0.832. The van der Waals surface area contributed by atoms with Crippen molar-refractivity contribution in [2.24, 2.45) is 5.10 Å². The topological polar surface area (TPSA) is 44.7 Å². The third-order valence-electron chi connectivity index (χ3n) is 5.17. The standard InChI is InChI=1S/C21H22ClN3O/c22-17-12-10-16(11-13-17)20-19(15-6-2-1-3-7-15)14-25(24-20)21(26)23-18-8-4-5-9-18/h1-3,6-7,10-13,18-19H,4-5,8-9,14H2,(H,23,26). The number of hydrazone groups is 1. The van der Waals surface area contributed by atoms with E-state index in [1.165, 1.54) is 12.8 Å². The number of urea groups is 1. The summed E-state index contributed by atoms with van der Waals surface area (Å²) in [4.78, 5) is 12.7. The van der Waals surface area contributed by atoms with Crippen LogP contribution in [0.1, 0.15) is 42.7 Å². The van der Waals surface area contributed by atoms with Crippen molar-refractivity contribution >= 4 is 23.3 Å². The SMILES string of the molecule is O=C(NC1CCCC1)N1CC(c2ccccc2)C(c2ccc(Cl)cc2)=N1. The van der Waals surface area contributed by atoms with E-state index in [1.807, 2.05) is 42.5 Å². The van der Waals surface area contributed by atoms with Crippen LogP contribution in [0.5, 0.6) is 0 Å². The van der Waals surface area contributed by atoms with E-state index in [0.717, 1.165) is 29.7 Å². The van der Waals surface area contributed by atoms with Crippen LogP contribution in [0.25, 0.3) is 0 Å². The minimum absolute atomic E-state index is 0.0618. The summed E-state index contributed by atoms with van der Waals surface area (Å²) in [5.74, 6) is 0.0618. The molecule has 1 atom stereocenters. The highest BCUT2D eigenvalue weighted by molar-refractivity contribution is 6.30. The molecule has 0 saturated heterocycles. The van der Waals surface area contributed by atoms with Gasteiger partial charge in [-0.2, -0.15) is 5.10 Å². The first kappa shape index (κ1) is 17.1.